The SMILES string of the molecule is CN=C(NCCc1ccc(F)cc1C)NCc1ccc(-n2cccn2)cc1.I. The van der Waals surface area contributed by atoms with Crippen LogP contribution in [0.25, 0.3) is 5.69 Å². The highest BCUT2D eigenvalue weighted by Gasteiger charge is 2.03. The van der Waals surface area contributed by atoms with Crippen LogP contribution in [-0.2, 0) is 13.0 Å². The molecule has 2 aromatic carbocycles. The van der Waals surface area contributed by atoms with Crippen LogP contribution in [0.1, 0.15) is 16.7 Å². The minimum Gasteiger partial charge on any atom is -0.356 e. The van der Waals surface area contributed by atoms with Crippen LogP contribution in [0.4, 0.5) is 4.39 Å². The molecule has 0 atom stereocenters. The summed E-state index contributed by atoms with van der Waals surface area (Å²) in [6.07, 6.45) is 4.49. The van der Waals surface area contributed by atoms with Gasteiger partial charge in [-0.3, -0.25) is 4.99 Å². The van der Waals surface area contributed by atoms with E-state index in [0.717, 1.165) is 41.3 Å². The van der Waals surface area contributed by atoms with Crippen molar-refractivity contribution in [3.8, 4) is 5.69 Å². The van der Waals surface area contributed by atoms with E-state index < -0.39 is 0 Å². The molecule has 0 radical (unpaired) electrons. The Bertz CT molecular complexity index is 892. The number of nitrogens with one attached hydrogen (secondary N) is 2. The molecule has 0 aliphatic heterocycles. The Hall–Kier alpha value is -2.42. The molecule has 0 amide bonds. The number of guanidine groups is 1. The van der Waals surface area contributed by atoms with Crippen LogP contribution in [0, 0.1) is 12.7 Å². The highest BCUT2D eigenvalue weighted by atomic mass is 127. The number of aryl methyl sites for hydroxylation is 1. The standard InChI is InChI=1S/C21H24FN5.HI/c1-16-14-19(22)7-6-18(16)10-12-24-21(23-2)25-15-17-4-8-20(9-5-17)27-13-3-11-26-27;/h3-9,11,13-14H,10,12,15H2,1-2H3,(H2,23,24,25);1H. The van der Waals surface area contributed by atoms with E-state index in [1.165, 1.54) is 6.07 Å². The van der Waals surface area contributed by atoms with Crippen LogP contribution in [-0.4, -0.2) is 29.3 Å². The zero-order valence-electron chi connectivity index (χ0n) is 16.0. The van der Waals surface area contributed by atoms with Crippen molar-refractivity contribution >= 4 is 29.9 Å². The van der Waals surface area contributed by atoms with Crippen LogP contribution >= 0.6 is 24.0 Å². The summed E-state index contributed by atoms with van der Waals surface area (Å²) in [6.45, 7) is 3.33. The minimum absolute atomic E-state index is 0. The summed E-state index contributed by atoms with van der Waals surface area (Å²) >= 11 is 0. The fourth-order valence-electron chi connectivity index (χ4n) is 2.85. The summed E-state index contributed by atoms with van der Waals surface area (Å²) in [7, 11) is 1.75. The second-order valence-corrected chi connectivity index (χ2v) is 6.29. The molecule has 1 aromatic heterocycles. The number of aromatic nitrogens is 2. The highest BCUT2D eigenvalue weighted by Crippen LogP contribution is 2.10. The van der Waals surface area contributed by atoms with Crippen molar-refractivity contribution in [2.75, 3.05) is 13.6 Å². The van der Waals surface area contributed by atoms with E-state index in [0.29, 0.717) is 6.54 Å². The van der Waals surface area contributed by atoms with Gasteiger partial charge in [0, 0.05) is 32.5 Å². The lowest BCUT2D eigenvalue weighted by Gasteiger charge is -2.13. The quantitative estimate of drug-likeness (QED) is 0.312. The molecule has 0 unspecified atom stereocenters. The third-order valence-corrected chi connectivity index (χ3v) is 4.38. The molecular weight excluding hydrogens is 468 g/mol. The lowest BCUT2D eigenvalue weighted by molar-refractivity contribution is 0.625. The number of hydrogen-bond acceptors (Lipinski definition) is 2. The van der Waals surface area contributed by atoms with Crippen LogP contribution < -0.4 is 10.6 Å². The summed E-state index contributed by atoms with van der Waals surface area (Å²) < 4.78 is 15.0. The third kappa shape index (κ3) is 6.05. The lowest BCUT2D eigenvalue weighted by atomic mass is 10.1. The van der Waals surface area contributed by atoms with Gasteiger partial charge in [0.15, 0.2) is 5.96 Å². The van der Waals surface area contributed by atoms with Crippen molar-refractivity contribution in [2.45, 2.75) is 19.9 Å². The molecule has 0 spiro atoms. The molecule has 0 saturated heterocycles. The number of nitrogens with zero attached hydrogens (tertiary/aromatic N) is 3. The predicted molar refractivity (Wildman–Crippen MR) is 122 cm³/mol. The van der Waals surface area contributed by atoms with E-state index in [-0.39, 0.29) is 29.8 Å². The summed E-state index contributed by atoms with van der Waals surface area (Å²) in [6, 6.07) is 15.0. The Balaban J connectivity index is 0.00000280. The Labute approximate surface area is 182 Å². The van der Waals surface area contributed by atoms with Crippen molar-refractivity contribution in [1.29, 1.82) is 0 Å². The first-order chi connectivity index (χ1) is 13.2. The van der Waals surface area contributed by atoms with Gasteiger partial charge in [-0.2, -0.15) is 5.10 Å². The molecule has 3 aromatic rings. The van der Waals surface area contributed by atoms with Crippen molar-refractivity contribution in [3.05, 3.63) is 83.4 Å². The van der Waals surface area contributed by atoms with Crippen molar-refractivity contribution in [1.82, 2.24) is 20.4 Å². The molecule has 0 bridgehead atoms. The van der Waals surface area contributed by atoms with Gasteiger partial charge in [0.2, 0.25) is 0 Å². The average Bonchev–Trinajstić information content (AvgIpc) is 3.21. The molecule has 0 fully saturated rings. The maximum absolute atomic E-state index is 13.2. The zero-order chi connectivity index (χ0) is 19.1. The smallest absolute Gasteiger partial charge is 0.191 e. The highest BCUT2D eigenvalue weighted by molar-refractivity contribution is 14.0. The normalized spacial score (nSPS) is 11.0. The van der Waals surface area contributed by atoms with E-state index in [1.54, 1.807) is 19.3 Å². The molecule has 7 heteroatoms. The van der Waals surface area contributed by atoms with Gasteiger partial charge in [-0.1, -0.05) is 18.2 Å². The maximum Gasteiger partial charge on any atom is 0.191 e. The predicted octanol–water partition coefficient (Wildman–Crippen LogP) is 3.85. The summed E-state index contributed by atoms with van der Waals surface area (Å²) in [5.74, 6) is 0.547. The fourth-order valence-corrected chi connectivity index (χ4v) is 2.85. The van der Waals surface area contributed by atoms with Gasteiger partial charge in [-0.25, -0.2) is 9.07 Å². The van der Waals surface area contributed by atoms with Crippen LogP contribution in [0.15, 0.2) is 65.9 Å². The van der Waals surface area contributed by atoms with E-state index >= 15 is 0 Å². The number of hydrogen-bond donors (Lipinski definition) is 2. The van der Waals surface area contributed by atoms with Gasteiger partial charge in [0.25, 0.3) is 0 Å². The molecule has 1 heterocycles. The Morgan fingerprint density at radius 1 is 1.14 bits per heavy atom. The van der Waals surface area contributed by atoms with Crippen LogP contribution in [0.3, 0.4) is 0 Å². The molecule has 0 aliphatic rings. The number of benzene rings is 2. The van der Waals surface area contributed by atoms with E-state index in [9.17, 15) is 4.39 Å². The molecule has 3 rings (SSSR count). The van der Waals surface area contributed by atoms with Crippen molar-refractivity contribution < 1.29 is 4.39 Å². The number of aliphatic imine (C=N–C) groups is 1. The Kier molecular flexibility index (Phi) is 8.43. The molecule has 2 N–H and O–H groups in total. The van der Waals surface area contributed by atoms with E-state index in [4.69, 9.17) is 0 Å². The average molecular weight is 493 g/mol. The summed E-state index contributed by atoms with van der Waals surface area (Å²) in [4.78, 5) is 4.25. The van der Waals surface area contributed by atoms with Crippen LogP contribution in [0.5, 0.6) is 0 Å². The third-order valence-electron chi connectivity index (χ3n) is 4.38. The monoisotopic (exact) mass is 493 g/mol. The maximum atomic E-state index is 13.2. The fraction of sp³-hybridized carbons (Fsp3) is 0.238. The summed E-state index contributed by atoms with van der Waals surface area (Å²) in [5, 5.41) is 10.8. The van der Waals surface area contributed by atoms with Gasteiger partial charge in [0.05, 0.1) is 5.69 Å². The van der Waals surface area contributed by atoms with Gasteiger partial charge >= 0.3 is 0 Å². The van der Waals surface area contributed by atoms with Gasteiger partial charge in [0.1, 0.15) is 5.82 Å². The van der Waals surface area contributed by atoms with E-state index in [1.807, 2.05) is 42.1 Å². The largest absolute Gasteiger partial charge is 0.356 e. The summed E-state index contributed by atoms with van der Waals surface area (Å²) in [5.41, 5.74) is 4.29. The van der Waals surface area contributed by atoms with Crippen LogP contribution in [0.2, 0.25) is 0 Å². The van der Waals surface area contributed by atoms with Gasteiger partial charge in [-0.15, -0.1) is 24.0 Å². The molecule has 0 aliphatic carbocycles. The van der Waals surface area contributed by atoms with Crippen molar-refractivity contribution in [2.24, 2.45) is 4.99 Å². The molecule has 5 nitrogen and oxygen atoms in total. The second-order valence-electron chi connectivity index (χ2n) is 6.29. The van der Waals surface area contributed by atoms with Gasteiger partial charge < -0.3 is 10.6 Å². The number of halogens is 2. The Morgan fingerprint density at radius 3 is 2.57 bits per heavy atom. The first-order valence-electron chi connectivity index (χ1n) is 8.94. The topological polar surface area (TPSA) is 54.2 Å². The number of rotatable bonds is 6. The zero-order valence-corrected chi connectivity index (χ0v) is 18.4. The van der Waals surface area contributed by atoms with Gasteiger partial charge in [-0.05, 0) is 60.4 Å². The molecular formula is C21H25FIN5. The first-order valence-corrected chi connectivity index (χ1v) is 8.94. The molecule has 148 valence electrons. The Morgan fingerprint density at radius 2 is 1.93 bits per heavy atom. The first kappa shape index (κ1) is 21.9. The second kappa shape index (κ2) is 10.8. The van der Waals surface area contributed by atoms with Crippen molar-refractivity contribution in [3.63, 3.8) is 0 Å². The van der Waals surface area contributed by atoms with E-state index in [2.05, 4.69) is 32.9 Å². The minimum atomic E-state index is -0.194. The molecule has 28 heavy (non-hydrogen) atoms. The lowest BCUT2D eigenvalue weighted by Crippen LogP contribution is -2.37. The molecule has 0 saturated carbocycles.